The van der Waals surface area contributed by atoms with Gasteiger partial charge in [0.25, 0.3) is 0 Å². The van der Waals surface area contributed by atoms with Crippen LogP contribution >= 0.6 is 46.4 Å². The van der Waals surface area contributed by atoms with Crippen molar-refractivity contribution in [2.45, 2.75) is 57.2 Å². The van der Waals surface area contributed by atoms with Gasteiger partial charge in [-0.15, -0.1) is 0 Å². The van der Waals surface area contributed by atoms with Gasteiger partial charge in [-0.25, -0.2) is 8.42 Å². The number of hydrogen-bond acceptors (Lipinski definition) is 4. The van der Waals surface area contributed by atoms with E-state index in [2.05, 4.69) is 5.32 Å². The summed E-state index contributed by atoms with van der Waals surface area (Å²) in [6.07, 6.45) is 6.09. The van der Waals surface area contributed by atoms with Crippen LogP contribution in [0.5, 0.6) is 0 Å². The topological polar surface area (TPSA) is 86.8 Å². The van der Waals surface area contributed by atoms with Gasteiger partial charge in [-0.1, -0.05) is 102 Å². The van der Waals surface area contributed by atoms with Crippen LogP contribution in [-0.4, -0.2) is 50.0 Å². The molecule has 1 aliphatic rings. The van der Waals surface area contributed by atoms with Gasteiger partial charge in [-0.2, -0.15) is 0 Å². The number of hydrogen-bond donors (Lipinski definition) is 1. The number of benzene rings is 3. The van der Waals surface area contributed by atoms with E-state index >= 15 is 0 Å². The number of sulfonamides is 1. The molecular weight excluding hydrogens is 652 g/mol. The Morgan fingerprint density at radius 2 is 1.58 bits per heavy atom. The van der Waals surface area contributed by atoms with Crippen molar-refractivity contribution in [3.63, 3.8) is 0 Å². The highest BCUT2D eigenvalue weighted by Crippen LogP contribution is 2.29. The second-order valence-electron chi connectivity index (χ2n) is 10.7. The molecule has 2 amide bonds. The molecule has 43 heavy (non-hydrogen) atoms. The highest BCUT2D eigenvalue weighted by atomic mass is 35.5. The first-order chi connectivity index (χ1) is 20.4. The maximum Gasteiger partial charge on any atom is 0.244 e. The summed E-state index contributed by atoms with van der Waals surface area (Å²) >= 11 is 24.9. The first kappa shape index (κ1) is 33.4. The summed E-state index contributed by atoms with van der Waals surface area (Å²) in [6.45, 7) is -0.632. The van der Waals surface area contributed by atoms with Crippen LogP contribution in [0.1, 0.15) is 43.2 Å². The van der Waals surface area contributed by atoms with Gasteiger partial charge in [-0.05, 0) is 54.3 Å². The summed E-state index contributed by atoms with van der Waals surface area (Å²) in [5, 5.41) is 4.28. The van der Waals surface area contributed by atoms with E-state index in [4.69, 9.17) is 46.4 Å². The molecule has 0 heterocycles. The van der Waals surface area contributed by atoms with E-state index in [9.17, 15) is 18.0 Å². The number of nitrogens with zero attached hydrogens (tertiary/aromatic N) is 2. The first-order valence-electron chi connectivity index (χ1n) is 13.9. The number of halogens is 4. The van der Waals surface area contributed by atoms with Crippen LogP contribution in [0.15, 0.2) is 66.7 Å². The van der Waals surface area contributed by atoms with Crippen LogP contribution in [0.4, 0.5) is 5.69 Å². The SMILES string of the molecule is CS(=O)(=O)N(CC(=O)N(Cc1ccc(Cl)cc1Cl)C(Cc1ccccc1)C(=O)NC1CCCCC1)c1ccc(Cl)c(Cl)c1. The van der Waals surface area contributed by atoms with Gasteiger partial charge in [0.15, 0.2) is 0 Å². The lowest BCUT2D eigenvalue weighted by molar-refractivity contribution is -0.140. The molecule has 0 aliphatic heterocycles. The monoisotopic (exact) mass is 683 g/mol. The molecule has 0 aromatic heterocycles. The molecule has 1 fully saturated rings. The summed E-state index contributed by atoms with van der Waals surface area (Å²) in [5.74, 6) is -0.906. The Labute approximate surface area is 273 Å². The number of amides is 2. The maximum atomic E-state index is 14.2. The van der Waals surface area contributed by atoms with E-state index in [1.54, 1.807) is 18.2 Å². The Morgan fingerprint density at radius 3 is 2.21 bits per heavy atom. The third-order valence-corrected chi connectivity index (χ3v) is 9.92. The van der Waals surface area contributed by atoms with Crippen molar-refractivity contribution in [3.05, 3.63) is 97.9 Å². The van der Waals surface area contributed by atoms with Crippen molar-refractivity contribution >= 4 is 73.9 Å². The van der Waals surface area contributed by atoms with Crippen molar-refractivity contribution in [1.82, 2.24) is 10.2 Å². The molecule has 3 aromatic rings. The average Bonchev–Trinajstić information content (AvgIpc) is 2.96. The predicted octanol–water partition coefficient (Wildman–Crippen LogP) is 7.16. The molecular formula is C31H33Cl4N3O4S. The Kier molecular flexibility index (Phi) is 11.6. The van der Waals surface area contributed by atoms with Crippen molar-refractivity contribution in [2.75, 3.05) is 17.1 Å². The molecule has 0 saturated heterocycles. The smallest absolute Gasteiger partial charge is 0.244 e. The van der Waals surface area contributed by atoms with Crippen molar-refractivity contribution in [1.29, 1.82) is 0 Å². The molecule has 1 aliphatic carbocycles. The molecule has 0 spiro atoms. The minimum Gasteiger partial charge on any atom is -0.352 e. The zero-order valence-electron chi connectivity index (χ0n) is 23.6. The van der Waals surface area contributed by atoms with Crippen molar-refractivity contribution in [3.8, 4) is 0 Å². The van der Waals surface area contributed by atoms with Crippen molar-refractivity contribution < 1.29 is 18.0 Å². The molecule has 1 saturated carbocycles. The van der Waals surface area contributed by atoms with Crippen LogP contribution in [0.2, 0.25) is 20.1 Å². The van der Waals surface area contributed by atoms with E-state index in [0.29, 0.717) is 15.6 Å². The van der Waals surface area contributed by atoms with Crippen LogP contribution in [0.3, 0.4) is 0 Å². The summed E-state index contributed by atoms with van der Waals surface area (Å²) in [6, 6.07) is 17.6. The summed E-state index contributed by atoms with van der Waals surface area (Å²) < 4.78 is 26.9. The molecule has 7 nitrogen and oxygen atoms in total. The summed E-state index contributed by atoms with van der Waals surface area (Å²) in [7, 11) is -3.95. The van der Waals surface area contributed by atoms with Gasteiger partial charge in [0.1, 0.15) is 12.6 Å². The number of carbonyl (C=O) groups excluding carboxylic acids is 2. The summed E-state index contributed by atoms with van der Waals surface area (Å²) in [4.78, 5) is 29.6. The fraction of sp³-hybridized carbons (Fsp3) is 0.355. The van der Waals surface area contributed by atoms with Gasteiger partial charge in [-0.3, -0.25) is 13.9 Å². The van der Waals surface area contributed by atoms with Crippen LogP contribution in [-0.2, 0) is 32.6 Å². The minimum absolute atomic E-state index is 0.000627. The molecule has 0 radical (unpaired) electrons. The second-order valence-corrected chi connectivity index (χ2v) is 14.2. The third-order valence-electron chi connectivity index (χ3n) is 7.45. The Balaban J connectivity index is 1.75. The lowest BCUT2D eigenvalue weighted by atomic mass is 9.94. The largest absolute Gasteiger partial charge is 0.352 e. The zero-order chi connectivity index (χ0) is 31.1. The fourth-order valence-corrected chi connectivity index (χ4v) is 6.79. The fourth-order valence-electron chi connectivity index (χ4n) is 5.19. The molecule has 3 aromatic carbocycles. The molecule has 0 bridgehead atoms. The zero-order valence-corrected chi connectivity index (χ0v) is 27.5. The van der Waals surface area contributed by atoms with E-state index in [1.165, 1.54) is 23.1 Å². The van der Waals surface area contributed by atoms with Gasteiger partial charge >= 0.3 is 0 Å². The highest BCUT2D eigenvalue weighted by molar-refractivity contribution is 7.92. The quantitative estimate of drug-likeness (QED) is 0.232. The van der Waals surface area contributed by atoms with Gasteiger partial charge in [0.2, 0.25) is 21.8 Å². The summed E-state index contributed by atoms with van der Waals surface area (Å²) in [5.41, 5.74) is 1.57. The van der Waals surface area contributed by atoms with E-state index in [1.807, 2.05) is 30.3 Å². The first-order valence-corrected chi connectivity index (χ1v) is 17.3. The lowest BCUT2D eigenvalue weighted by Gasteiger charge is -2.35. The van der Waals surface area contributed by atoms with E-state index in [0.717, 1.165) is 48.2 Å². The number of carbonyl (C=O) groups is 2. The molecule has 4 rings (SSSR count). The maximum absolute atomic E-state index is 14.2. The Bertz CT molecular complexity index is 1550. The average molecular weight is 686 g/mol. The lowest BCUT2D eigenvalue weighted by Crippen LogP contribution is -2.55. The third kappa shape index (κ3) is 9.25. The molecule has 230 valence electrons. The molecule has 1 N–H and O–H groups in total. The Morgan fingerprint density at radius 1 is 0.884 bits per heavy atom. The van der Waals surface area contributed by atoms with Crippen LogP contribution in [0.25, 0.3) is 0 Å². The van der Waals surface area contributed by atoms with Crippen LogP contribution in [0, 0.1) is 0 Å². The number of anilines is 1. The van der Waals surface area contributed by atoms with Gasteiger partial charge in [0, 0.05) is 29.1 Å². The minimum atomic E-state index is -3.95. The van der Waals surface area contributed by atoms with E-state index in [-0.39, 0.29) is 40.6 Å². The van der Waals surface area contributed by atoms with Crippen molar-refractivity contribution in [2.24, 2.45) is 0 Å². The van der Waals surface area contributed by atoms with E-state index < -0.39 is 28.5 Å². The molecule has 12 heteroatoms. The second kappa shape index (κ2) is 15.0. The Hall–Kier alpha value is -2.49. The normalized spacial score (nSPS) is 14.6. The standard InChI is InChI=1S/C31H33Cl4N3O4S/c1-43(41,42)38(25-14-15-26(33)28(35)18-25)20-30(39)37(19-22-12-13-23(32)17-27(22)34)29(16-21-8-4-2-5-9-21)31(40)36-24-10-6-3-7-11-24/h2,4-5,8-9,12-15,17-18,24,29H,3,6-7,10-11,16,19-20H2,1H3,(H,36,40). The number of rotatable bonds is 11. The number of nitrogens with one attached hydrogen (secondary N) is 1. The van der Waals surface area contributed by atoms with Gasteiger partial charge in [0.05, 0.1) is 22.0 Å². The van der Waals surface area contributed by atoms with Gasteiger partial charge < -0.3 is 10.2 Å². The molecule has 1 atom stereocenters. The highest BCUT2D eigenvalue weighted by Gasteiger charge is 2.34. The molecule has 1 unspecified atom stereocenters. The van der Waals surface area contributed by atoms with Crippen LogP contribution < -0.4 is 9.62 Å². The predicted molar refractivity (Wildman–Crippen MR) is 175 cm³/mol.